The fraction of sp³-hybridized carbons (Fsp3) is 0.467. The van der Waals surface area contributed by atoms with Crippen molar-refractivity contribution in [1.82, 2.24) is 15.5 Å². The number of carbonyl (C=O) groups excluding carboxylic acids is 1. The number of hydrogen-bond donors (Lipinski definition) is 2. The van der Waals surface area contributed by atoms with E-state index in [4.69, 9.17) is 23.2 Å². The van der Waals surface area contributed by atoms with Gasteiger partial charge in [-0.3, -0.25) is 9.79 Å². The molecule has 0 saturated heterocycles. The summed E-state index contributed by atoms with van der Waals surface area (Å²) in [7, 11) is 3.57. The Labute approximate surface area is 141 Å². The van der Waals surface area contributed by atoms with Crippen LogP contribution in [-0.4, -0.2) is 44.0 Å². The number of carbonyl (C=O) groups is 1. The fourth-order valence-electron chi connectivity index (χ4n) is 1.86. The van der Waals surface area contributed by atoms with Gasteiger partial charge in [0.05, 0.1) is 16.6 Å². The van der Waals surface area contributed by atoms with E-state index in [2.05, 4.69) is 15.6 Å². The quantitative estimate of drug-likeness (QED) is 0.615. The van der Waals surface area contributed by atoms with Crippen molar-refractivity contribution in [3.05, 3.63) is 33.8 Å². The van der Waals surface area contributed by atoms with Gasteiger partial charge in [-0.05, 0) is 24.1 Å². The van der Waals surface area contributed by atoms with E-state index in [1.54, 1.807) is 13.1 Å². The summed E-state index contributed by atoms with van der Waals surface area (Å²) >= 11 is 11.9. The Balaban J connectivity index is 2.55. The molecule has 1 amide bonds. The van der Waals surface area contributed by atoms with E-state index in [0.29, 0.717) is 29.1 Å². The maximum Gasteiger partial charge on any atom is 0.239 e. The lowest BCUT2D eigenvalue weighted by Gasteiger charge is -2.22. The smallest absolute Gasteiger partial charge is 0.239 e. The van der Waals surface area contributed by atoms with Gasteiger partial charge in [-0.1, -0.05) is 36.2 Å². The van der Waals surface area contributed by atoms with Gasteiger partial charge in [0.25, 0.3) is 0 Å². The zero-order valence-electron chi connectivity index (χ0n) is 13.1. The number of amides is 1. The van der Waals surface area contributed by atoms with Crippen LogP contribution in [0.2, 0.25) is 10.0 Å². The summed E-state index contributed by atoms with van der Waals surface area (Å²) in [5.74, 6) is 0.587. The monoisotopic (exact) mass is 344 g/mol. The van der Waals surface area contributed by atoms with Crippen LogP contribution < -0.4 is 10.6 Å². The second-order valence-corrected chi connectivity index (χ2v) is 5.67. The van der Waals surface area contributed by atoms with Crippen LogP contribution in [0.25, 0.3) is 0 Å². The average Bonchev–Trinajstić information content (AvgIpc) is 2.49. The first kappa shape index (κ1) is 18.6. The number of rotatable bonds is 6. The largest absolute Gasteiger partial charge is 0.355 e. The van der Waals surface area contributed by atoms with E-state index < -0.39 is 0 Å². The molecule has 0 aliphatic carbocycles. The van der Waals surface area contributed by atoms with Crippen LogP contribution in [0.4, 0.5) is 0 Å². The highest BCUT2D eigenvalue weighted by atomic mass is 35.5. The second kappa shape index (κ2) is 9.54. The standard InChI is InChI=1S/C15H22Cl2N4O/c1-4-7-19-14(22)9-20-15(18-2)21(3)10-11-5-6-12(16)13(17)8-11/h5-6,8H,4,7,9-10H2,1-3H3,(H,18,20)(H,19,22). The molecule has 0 aliphatic heterocycles. The summed E-state index contributed by atoms with van der Waals surface area (Å²) in [6.45, 7) is 3.49. The number of benzene rings is 1. The molecule has 1 rings (SSSR count). The van der Waals surface area contributed by atoms with Crippen molar-refractivity contribution in [3.63, 3.8) is 0 Å². The first-order valence-corrected chi connectivity index (χ1v) is 7.86. The Morgan fingerprint density at radius 3 is 2.59 bits per heavy atom. The predicted octanol–water partition coefficient (Wildman–Crippen LogP) is 2.53. The number of nitrogens with one attached hydrogen (secondary N) is 2. The molecule has 0 radical (unpaired) electrons. The van der Waals surface area contributed by atoms with Crippen molar-refractivity contribution in [3.8, 4) is 0 Å². The van der Waals surface area contributed by atoms with Crippen molar-refractivity contribution in [1.29, 1.82) is 0 Å². The predicted molar refractivity (Wildman–Crippen MR) is 92.6 cm³/mol. The number of halogens is 2. The normalized spacial score (nSPS) is 11.2. The van der Waals surface area contributed by atoms with Crippen molar-refractivity contribution in [2.45, 2.75) is 19.9 Å². The van der Waals surface area contributed by atoms with Gasteiger partial charge in [0.15, 0.2) is 5.96 Å². The molecule has 0 aromatic heterocycles. The van der Waals surface area contributed by atoms with Crippen molar-refractivity contribution >= 4 is 35.1 Å². The van der Waals surface area contributed by atoms with E-state index in [1.807, 2.05) is 31.0 Å². The zero-order valence-corrected chi connectivity index (χ0v) is 14.6. The van der Waals surface area contributed by atoms with E-state index in [9.17, 15) is 4.79 Å². The highest BCUT2D eigenvalue weighted by Crippen LogP contribution is 2.23. The van der Waals surface area contributed by atoms with Gasteiger partial charge in [-0.2, -0.15) is 0 Å². The molecule has 1 aromatic carbocycles. The third-order valence-electron chi connectivity index (χ3n) is 2.96. The highest BCUT2D eigenvalue weighted by molar-refractivity contribution is 6.42. The summed E-state index contributed by atoms with van der Waals surface area (Å²) < 4.78 is 0. The lowest BCUT2D eigenvalue weighted by molar-refractivity contribution is -0.120. The molecule has 0 atom stereocenters. The summed E-state index contributed by atoms with van der Waals surface area (Å²) in [4.78, 5) is 17.7. The van der Waals surface area contributed by atoms with Gasteiger partial charge in [-0.15, -0.1) is 0 Å². The van der Waals surface area contributed by atoms with Crippen LogP contribution in [0, 0.1) is 0 Å². The molecule has 7 heteroatoms. The first-order chi connectivity index (χ1) is 10.5. The van der Waals surface area contributed by atoms with Gasteiger partial charge in [0, 0.05) is 27.2 Å². The maximum absolute atomic E-state index is 11.6. The molecule has 2 N–H and O–H groups in total. The molecular weight excluding hydrogens is 323 g/mol. The number of hydrogen-bond acceptors (Lipinski definition) is 2. The third kappa shape index (κ3) is 6.12. The van der Waals surface area contributed by atoms with Gasteiger partial charge in [-0.25, -0.2) is 0 Å². The van der Waals surface area contributed by atoms with Gasteiger partial charge in [0.2, 0.25) is 5.91 Å². The average molecular weight is 345 g/mol. The van der Waals surface area contributed by atoms with Crippen LogP contribution in [0.1, 0.15) is 18.9 Å². The molecular formula is C15H22Cl2N4O. The van der Waals surface area contributed by atoms with Crippen molar-refractivity contribution in [2.24, 2.45) is 4.99 Å². The van der Waals surface area contributed by atoms with E-state index >= 15 is 0 Å². The Bertz CT molecular complexity index is 534. The van der Waals surface area contributed by atoms with E-state index in [0.717, 1.165) is 12.0 Å². The molecule has 5 nitrogen and oxygen atoms in total. The Kier molecular flexibility index (Phi) is 8.06. The second-order valence-electron chi connectivity index (χ2n) is 4.86. The molecule has 0 heterocycles. The van der Waals surface area contributed by atoms with E-state index in [-0.39, 0.29) is 12.5 Å². The molecule has 122 valence electrons. The van der Waals surface area contributed by atoms with E-state index in [1.165, 1.54) is 0 Å². The summed E-state index contributed by atoms with van der Waals surface area (Å²) in [5, 5.41) is 6.89. The summed E-state index contributed by atoms with van der Waals surface area (Å²) in [5.41, 5.74) is 1.01. The highest BCUT2D eigenvalue weighted by Gasteiger charge is 2.09. The Morgan fingerprint density at radius 1 is 1.27 bits per heavy atom. The minimum atomic E-state index is -0.0501. The summed E-state index contributed by atoms with van der Waals surface area (Å²) in [6.07, 6.45) is 0.914. The number of guanidine groups is 1. The van der Waals surface area contributed by atoms with Crippen LogP contribution in [0.3, 0.4) is 0 Å². The molecule has 0 unspecified atom stereocenters. The van der Waals surface area contributed by atoms with Crippen LogP contribution in [-0.2, 0) is 11.3 Å². The minimum Gasteiger partial charge on any atom is -0.355 e. The fourth-order valence-corrected chi connectivity index (χ4v) is 2.18. The van der Waals surface area contributed by atoms with Crippen LogP contribution in [0.15, 0.2) is 23.2 Å². The van der Waals surface area contributed by atoms with Crippen LogP contribution in [0.5, 0.6) is 0 Å². The summed E-state index contributed by atoms with van der Waals surface area (Å²) in [6, 6.07) is 5.50. The number of aliphatic imine (C=N–C) groups is 1. The maximum atomic E-state index is 11.6. The SMILES string of the molecule is CCCNC(=O)CNC(=NC)N(C)Cc1ccc(Cl)c(Cl)c1. The van der Waals surface area contributed by atoms with Gasteiger partial charge in [0.1, 0.15) is 0 Å². The first-order valence-electron chi connectivity index (χ1n) is 7.10. The molecule has 0 spiro atoms. The zero-order chi connectivity index (χ0) is 16.5. The molecule has 0 fully saturated rings. The Hall–Kier alpha value is -1.46. The molecule has 22 heavy (non-hydrogen) atoms. The van der Waals surface area contributed by atoms with Crippen molar-refractivity contribution in [2.75, 3.05) is 27.2 Å². The number of nitrogens with zero attached hydrogens (tertiary/aromatic N) is 2. The minimum absolute atomic E-state index is 0.0501. The van der Waals surface area contributed by atoms with Gasteiger partial charge < -0.3 is 15.5 Å². The molecule has 0 aliphatic rings. The Morgan fingerprint density at radius 2 is 2.00 bits per heavy atom. The lowest BCUT2D eigenvalue weighted by atomic mass is 10.2. The van der Waals surface area contributed by atoms with Crippen molar-refractivity contribution < 1.29 is 4.79 Å². The molecule has 0 bridgehead atoms. The van der Waals surface area contributed by atoms with Crippen LogP contribution >= 0.6 is 23.2 Å². The third-order valence-corrected chi connectivity index (χ3v) is 3.70. The molecule has 1 aromatic rings. The lowest BCUT2D eigenvalue weighted by Crippen LogP contribution is -2.43. The topological polar surface area (TPSA) is 56.7 Å². The molecule has 0 saturated carbocycles. The van der Waals surface area contributed by atoms with Gasteiger partial charge >= 0.3 is 0 Å².